The van der Waals surface area contributed by atoms with Crippen molar-refractivity contribution in [1.82, 2.24) is 15.6 Å². The molecule has 2 N–H and O–H groups in total. The average molecular weight is 511 g/mol. The van der Waals surface area contributed by atoms with Gasteiger partial charge in [0.25, 0.3) is 0 Å². The molecule has 0 fully saturated rings. The van der Waals surface area contributed by atoms with E-state index in [0.717, 1.165) is 18.3 Å². The van der Waals surface area contributed by atoms with Crippen molar-refractivity contribution in [1.29, 1.82) is 0 Å². The number of nitrogens with one attached hydrogen (secondary N) is 2. The summed E-state index contributed by atoms with van der Waals surface area (Å²) < 4.78 is 81.1. The number of carbonyl (C=O) groups is 1. The minimum Gasteiger partial charge on any atom is -0.406 e. The van der Waals surface area contributed by atoms with Crippen molar-refractivity contribution in [2.45, 2.75) is 30.9 Å². The Balaban J connectivity index is 1.88. The second kappa shape index (κ2) is 11.4. The first-order valence-electron chi connectivity index (χ1n) is 10.9. The lowest BCUT2D eigenvalue weighted by Crippen LogP contribution is -2.36. The van der Waals surface area contributed by atoms with Gasteiger partial charge < -0.3 is 15.4 Å². The van der Waals surface area contributed by atoms with Gasteiger partial charge in [0.05, 0.1) is 0 Å². The van der Waals surface area contributed by atoms with Crippen molar-refractivity contribution in [2.75, 3.05) is 13.6 Å². The van der Waals surface area contributed by atoms with E-state index >= 15 is 0 Å². The summed E-state index contributed by atoms with van der Waals surface area (Å²) in [6.45, 7) is 0.211. The maximum absolute atomic E-state index is 13.0. The van der Waals surface area contributed by atoms with Gasteiger partial charge in [-0.2, -0.15) is 13.2 Å². The number of alkyl halides is 6. The van der Waals surface area contributed by atoms with Gasteiger partial charge in [0.2, 0.25) is 5.91 Å². The van der Waals surface area contributed by atoms with Gasteiger partial charge >= 0.3 is 12.5 Å². The Hall–Kier alpha value is -3.60. The molecule has 36 heavy (non-hydrogen) atoms. The van der Waals surface area contributed by atoms with Crippen molar-refractivity contribution < 1.29 is 35.9 Å². The number of amides is 1. The molecule has 1 aromatic heterocycles. The molecular formula is C25H23F6N3O2. The predicted molar refractivity (Wildman–Crippen MR) is 120 cm³/mol. The van der Waals surface area contributed by atoms with Gasteiger partial charge in [0, 0.05) is 19.2 Å². The molecular weight excluding hydrogens is 488 g/mol. The molecule has 192 valence electrons. The number of halogens is 6. The van der Waals surface area contributed by atoms with Gasteiger partial charge in [-0.1, -0.05) is 48.5 Å². The summed E-state index contributed by atoms with van der Waals surface area (Å²) in [5.74, 6) is -1.38. The van der Waals surface area contributed by atoms with Crippen LogP contribution in [0, 0.1) is 0 Å². The van der Waals surface area contributed by atoms with Crippen molar-refractivity contribution in [3.63, 3.8) is 0 Å². The molecule has 3 aromatic rings. The van der Waals surface area contributed by atoms with Crippen LogP contribution in [0.3, 0.4) is 0 Å². The highest BCUT2D eigenvalue weighted by Crippen LogP contribution is 2.34. The Morgan fingerprint density at radius 2 is 1.61 bits per heavy atom. The van der Waals surface area contributed by atoms with Gasteiger partial charge in [-0.3, -0.25) is 9.78 Å². The number of hydrogen-bond acceptors (Lipinski definition) is 4. The SMILES string of the molecule is CNC(=O)[C@H](NCC[C@H](c1ccc(C(F)(F)F)nc1)c1cccc(OC(F)(F)F)c1)c1ccccc1. The largest absolute Gasteiger partial charge is 0.573 e. The molecule has 1 amide bonds. The summed E-state index contributed by atoms with van der Waals surface area (Å²) in [5.41, 5.74) is 0.368. The molecule has 1 heterocycles. The lowest BCUT2D eigenvalue weighted by atomic mass is 9.89. The molecule has 3 rings (SSSR count). The summed E-state index contributed by atoms with van der Waals surface area (Å²) in [4.78, 5) is 15.9. The van der Waals surface area contributed by atoms with E-state index in [4.69, 9.17) is 0 Å². The fourth-order valence-corrected chi connectivity index (χ4v) is 3.76. The number of ether oxygens (including phenoxy) is 1. The zero-order valence-electron chi connectivity index (χ0n) is 19.0. The Morgan fingerprint density at radius 3 is 2.19 bits per heavy atom. The minimum atomic E-state index is -4.90. The van der Waals surface area contributed by atoms with Gasteiger partial charge in [-0.05, 0) is 47.9 Å². The highest BCUT2D eigenvalue weighted by atomic mass is 19.4. The van der Waals surface area contributed by atoms with Gasteiger partial charge in [-0.15, -0.1) is 13.2 Å². The number of aromatic nitrogens is 1. The molecule has 5 nitrogen and oxygen atoms in total. The number of rotatable bonds is 9. The Morgan fingerprint density at radius 1 is 0.917 bits per heavy atom. The topological polar surface area (TPSA) is 63.2 Å². The summed E-state index contributed by atoms with van der Waals surface area (Å²) >= 11 is 0. The summed E-state index contributed by atoms with van der Waals surface area (Å²) in [6, 6.07) is 15.5. The molecule has 2 aromatic carbocycles. The third-order valence-corrected chi connectivity index (χ3v) is 5.40. The first-order chi connectivity index (χ1) is 17.0. The van der Waals surface area contributed by atoms with Crippen LogP contribution < -0.4 is 15.4 Å². The first kappa shape index (κ1) is 27.0. The van der Waals surface area contributed by atoms with E-state index < -0.39 is 35.9 Å². The second-order valence-electron chi connectivity index (χ2n) is 7.85. The molecule has 0 bridgehead atoms. The van der Waals surface area contributed by atoms with Crippen LogP contribution in [0.4, 0.5) is 26.3 Å². The standard InChI is InChI=1S/C25H23F6N3O2/c1-32-23(35)22(16-6-3-2-4-7-16)33-13-12-20(18-10-11-21(34-15-18)24(26,27)28)17-8-5-9-19(14-17)36-25(29,30)31/h2-11,14-15,20,22,33H,12-13H2,1H3,(H,32,35)/t20-,22+/m0/s1. The molecule has 0 radical (unpaired) electrons. The van der Waals surface area contributed by atoms with E-state index in [1.54, 1.807) is 36.4 Å². The molecule has 0 spiro atoms. The Bertz CT molecular complexity index is 1140. The van der Waals surface area contributed by atoms with Crippen molar-refractivity contribution in [2.24, 2.45) is 0 Å². The Kier molecular flexibility index (Phi) is 8.57. The molecule has 11 heteroatoms. The minimum absolute atomic E-state index is 0.211. The maximum atomic E-state index is 13.0. The molecule has 0 aliphatic rings. The zero-order chi connectivity index (χ0) is 26.3. The van der Waals surface area contributed by atoms with E-state index in [1.807, 2.05) is 0 Å². The zero-order valence-corrected chi connectivity index (χ0v) is 19.0. The lowest BCUT2D eigenvalue weighted by Gasteiger charge is -2.22. The highest BCUT2D eigenvalue weighted by molar-refractivity contribution is 5.82. The fraction of sp³-hybridized carbons (Fsp3) is 0.280. The van der Waals surface area contributed by atoms with Crippen LogP contribution in [-0.2, 0) is 11.0 Å². The number of hydrogen-bond donors (Lipinski definition) is 2. The Labute approximate surface area is 203 Å². The van der Waals surface area contributed by atoms with Gasteiger partial charge in [0.15, 0.2) is 0 Å². The molecule has 0 aliphatic heterocycles. The number of pyridine rings is 1. The fourth-order valence-electron chi connectivity index (χ4n) is 3.76. The van der Waals surface area contributed by atoms with E-state index in [2.05, 4.69) is 20.4 Å². The van der Waals surface area contributed by atoms with Crippen LogP contribution in [-0.4, -0.2) is 30.8 Å². The van der Waals surface area contributed by atoms with Crippen molar-refractivity contribution in [3.8, 4) is 5.75 Å². The summed E-state index contributed by atoms with van der Waals surface area (Å²) in [5, 5.41) is 5.70. The van der Waals surface area contributed by atoms with E-state index in [0.29, 0.717) is 16.7 Å². The number of carbonyl (C=O) groups excluding carboxylic acids is 1. The molecule has 0 unspecified atom stereocenters. The van der Waals surface area contributed by atoms with Crippen LogP contribution in [0.1, 0.15) is 40.8 Å². The molecule has 0 saturated heterocycles. The van der Waals surface area contributed by atoms with Crippen molar-refractivity contribution >= 4 is 5.91 Å². The van der Waals surface area contributed by atoms with E-state index in [-0.39, 0.29) is 18.9 Å². The monoisotopic (exact) mass is 511 g/mol. The van der Waals surface area contributed by atoms with Crippen LogP contribution in [0.15, 0.2) is 72.9 Å². The summed E-state index contributed by atoms with van der Waals surface area (Å²) in [7, 11) is 1.49. The third-order valence-electron chi connectivity index (χ3n) is 5.40. The number of nitrogens with zero attached hydrogens (tertiary/aromatic N) is 1. The normalized spacial score (nSPS) is 13.6. The third kappa shape index (κ3) is 7.45. The molecule has 2 atom stereocenters. The highest BCUT2D eigenvalue weighted by Gasteiger charge is 2.33. The second-order valence-corrected chi connectivity index (χ2v) is 7.85. The molecule has 0 aliphatic carbocycles. The smallest absolute Gasteiger partial charge is 0.406 e. The van der Waals surface area contributed by atoms with Crippen LogP contribution in [0.25, 0.3) is 0 Å². The van der Waals surface area contributed by atoms with Gasteiger partial charge in [0.1, 0.15) is 17.5 Å². The van der Waals surface area contributed by atoms with E-state index in [9.17, 15) is 31.1 Å². The van der Waals surface area contributed by atoms with Crippen LogP contribution in [0.5, 0.6) is 5.75 Å². The summed E-state index contributed by atoms with van der Waals surface area (Å²) in [6.07, 6.45) is -8.24. The quantitative estimate of drug-likeness (QED) is 0.368. The number of benzene rings is 2. The van der Waals surface area contributed by atoms with Gasteiger partial charge in [-0.25, -0.2) is 0 Å². The average Bonchev–Trinajstić information content (AvgIpc) is 2.83. The van der Waals surface area contributed by atoms with Crippen LogP contribution >= 0.6 is 0 Å². The van der Waals surface area contributed by atoms with E-state index in [1.165, 1.54) is 25.2 Å². The number of likely N-dealkylation sites (N-methyl/N-ethyl adjacent to an activating group) is 1. The molecule has 0 saturated carbocycles. The maximum Gasteiger partial charge on any atom is 0.573 e. The first-order valence-corrected chi connectivity index (χ1v) is 10.9. The van der Waals surface area contributed by atoms with Crippen LogP contribution in [0.2, 0.25) is 0 Å². The van der Waals surface area contributed by atoms with Crippen molar-refractivity contribution in [3.05, 3.63) is 95.3 Å². The predicted octanol–water partition coefficient (Wildman–Crippen LogP) is 5.60. The lowest BCUT2D eigenvalue weighted by molar-refractivity contribution is -0.274.